The predicted molar refractivity (Wildman–Crippen MR) is 102 cm³/mol. The molecule has 0 aliphatic carbocycles. The topological polar surface area (TPSA) is 41.0 Å². The van der Waals surface area contributed by atoms with Gasteiger partial charge in [-0.3, -0.25) is 4.90 Å². The summed E-state index contributed by atoms with van der Waals surface area (Å²) in [4.78, 5) is 12.1. The summed E-state index contributed by atoms with van der Waals surface area (Å²) < 4.78 is 38.1. The van der Waals surface area contributed by atoms with Crippen molar-refractivity contribution in [2.75, 3.05) is 25.0 Å². The second-order valence-corrected chi connectivity index (χ2v) is 7.78. The molecule has 142 valence electrons. The molecule has 1 saturated heterocycles. The minimum atomic E-state index is -4.16. The van der Waals surface area contributed by atoms with E-state index in [2.05, 4.69) is 15.3 Å². The van der Waals surface area contributed by atoms with Crippen LogP contribution in [0.4, 0.5) is 19.0 Å². The molecule has 1 aliphatic heterocycles. The maximum Gasteiger partial charge on any atom is 0.401 e. The van der Waals surface area contributed by atoms with Crippen molar-refractivity contribution in [3.63, 3.8) is 0 Å². The Morgan fingerprint density at radius 3 is 2.78 bits per heavy atom. The molecular weight excluding hydrogens is 373 g/mol. The lowest BCUT2D eigenvalue weighted by atomic mass is 10.1. The van der Waals surface area contributed by atoms with Crippen molar-refractivity contribution in [1.82, 2.24) is 14.9 Å². The number of fused-ring (bicyclic) bond motifs is 1. The number of hydrogen-bond donors (Lipinski definition) is 1. The molecule has 0 bridgehead atoms. The molecule has 1 aliphatic rings. The SMILES string of the molecule is FC(F)(F)CN1CCCC(Nc2ncnc3sc(-c4ccccc4)cc23)C1. The van der Waals surface area contributed by atoms with Crippen molar-refractivity contribution in [1.29, 1.82) is 0 Å². The second-order valence-electron chi connectivity index (χ2n) is 6.75. The number of likely N-dealkylation sites (tertiary alicyclic amines) is 1. The smallest absolute Gasteiger partial charge is 0.365 e. The number of aromatic nitrogens is 2. The molecule has 8 heteroatoms. The molecular formula is C19H19F3N4S. The molecule has 1 unspecified atom stereocenters. The number of alkyl halides is 3. The van der Waals surface area contributed by atoms with Crippen LogP contribution in [-0.2, 0) is 0 Å². The van der Waals surface area contributed by atoms with Crippen LogP contribution in [0.5, 0.6) is 0 Å². The third kappa shape index (κ3) is 4.39. The normalized spacial score (nSPS) is 18.7. The quantitative estimate of drug-likeness (QED) is 0.693. The zero-order valence-electron chi connectivity index (χ0n) is 14.5. The Morgan fingerprint density at radius 2 is 2.00 bits per heavy atom. The lowest BCUT2D eigenvalue weighted by molar-refractivity contribution is -0.147. The molecule has 3 aromatic rings. The fraction of sp³-hybridized carbons (Fsp3) is 0.368. The van der Waals surface area contributed by atoms with Crippen molar-refractivity contribution in [2.45, 2.75) is 25.1 Å². The molecule has 4 rings (SSSR count). The van der Waals surface area contributed by atoms with E-state index in [4.69, 9.17) is 0 Å². The van der Waals surface area contributed by atoms with Crippen molar-refractivity contribution < 1.29 is 13.2 Å². The Hall–Kier alpha value is -2.19. The van der Waals surface area contributed by atoms with Crippen LogP contribution in [0.2, 0.25) is 0 Å². The lowest BCUT2D eigenvalue weighted by Gasteiger charge is -2.33. The van der Waals surface area contributed by atoms with Crippen LogP contribution in [0.3, 0.4) is 0 Å². The predicted octanol–water partition coefficient (Wildman–Crippen LogP) is 4.80. The van der Waals surface area contributed by atoms with Gasteiger partial charge in [0.15, 0.2) is 0 Å². The van der Waals surface area contributed by atoms with E-state index in [1.54, 1.807) is 11.3 Å². The van der Waals surface area contributed by atoms with Gasteiger partial charge in [-0.25, -0.2) is 9.97 Å². The van der Waals surface area contributed by atoms with Gasteiger partial charge in [-0.05, 0) is 31.0 Å². The van der Waals surface area contributed by atoms with Crippen LogP contribution in [-0.4, -0.2) is 46.7 Å². The highest BCUT2D eigenvalue weighted by Gasteiger charge is 2.33. The summed E-state index contributed by atoms with van der Waals surface area (Å²) in [6.07, 6.45) is -1.09. The third-order valence-electron chi connectivity index (χ3n) is 4.64. The number of rotatable bonds is 4. The fourth-order valence-corrected chi connectivity index (χ4v) is 4.48. The molecule has 1 fully saturated rings. The van der Waals surface area contributed by atoms with Gasteiger partial charge in [0.05, 0.1) is 11.9 Å². The highest BCUT2D eigenvalue weighted by atomic mass is 32.1. The fourth-order valence-electron chi connectivity index (χ4n) is 3.48. The Morgan fingerprint density at radius 1 is 1.19 bits per heavy atom. The minimum absolute atomic E-state index is 0.0562. The maximum absolute atomic E-state index is 12.7. The summed E-state index contributed by atoms with van der Waals surface area (Å²) in [5.74, 6) is 0.692. The highest BCUT2D eigenvalue weighted by molar-refractivity contribution is 7.21. The number of anilines is 1. The van der Waals surface area contributed by atoms with E-state index in [1.165, 1.54) is 11.2 Å². The van der Waals surface area contributed by atoms with E-state index in [-0.39, 0.29) is 6.04 Å². The molecule has 1 aromatic carbocycles. The van der Waals surface area contributed by atoms with Gasteiger partial charge in [0.1, 0.15) is 17.0 Å². The van der Waals surface area contributed by atoms with Gasteiger partial charge in [0, 0.05) is 17.5 Å². The average molecular weight is 392 g/mol. The first-order chi connectivity index (χ1) is 13.0. The van der Waals surface area contributed by atoms with Gasteiger partial charge in [-0.15, -0.1) is 11.3 Å². The molecule has 2 aromatic heterocycles. The Balaban J connectivity index is 1.54. The van der Waals surface area contributed by atoms with E-state index in [0.717, 1.165) is 33.5 Å². The standard InChI is InChI=1S/C19H19F3N4S/c20-19(21,22)11-26-8-4-7-14(10-26)25-17-15-9-16(13-5-2-1-3-6-13)27-18(15)24-12-23-17/h1-3,5-6,9,12,14H,4,7-8,10-11H2,(H,23,24,25). The van der Waals surface area contributed by atoms with Gasteiger partial charge in [0.25, 0.3) is 0 Å². The number of halogens is 3. The van der Waals surface area contributed by atoms with E-state index in [1.807, 2.05) is 36.4 Å². The molecule has 3 heterocycles. The van der Waals surface area contributed by atoms with Gasteiger partial charge in [-0.2, -0.15) is 13.2 Å². The first-order valence-corrected chi connectivity index (χ1v) is 9.65. The number of nitrogens with zero attached hydrogens (tertiary/aromatic N) is 3. The molecule has 27 heavy (non-hydrogen) atoms. The van der Waals surface area contributed by atoms with Crippen molar-refractivity contribution >= 4 is 27.4 Å². The van der Waals surface area contributed by atoms with Crippen LogP contribution < -0.4 is 5.32 Å². The Bertz CT molecular complexity index is 910. The van der Waals surface area contributed by atoms with Crippen molar-refractivity contribution in [2.24, 2.45) is 0 Å². The number of thiophene rings is 1. The summed E-state index contributed by atoms with van der Waals surface area (Å²) in [6.45, 7) is -0.0187. The summed E-state index contributed by atoms with van der Waals surface area (Å²) in [5.41, 5.74) is 1.11. The van der Waals surface area contributed by atoms with Gasteiger partial charge >= 0.3 is 6.18 Å². The summed E-state index contributed by atoms with van der Waals surface area (Å²) >= 11 is 1.58. The van der Waals surface area contributed by atoms with Gasteiger partial charge in [0.2, 0.25) is 0 Å². The van der Waals surface area contributed by atoms with Crippen molar-refractivity contribution in [3.8, 4) is 10.4 Å². The molecule has 1 N–H and O–H groups in total. The number of hydrogen-bond acceptors (Lipinski definition) is 5. The molecule has 0 radical (unpaired) electrons. The van der Waals surface area contributed by atoms with Gasteiger partial charge in [-0.1, -0.05) is 30.3 Å². The summed E-state index contributed by atoms with van der Waals surface area (Å²) in [5, 5.41) is 4.26. The van der Waals surface area contributed by atoms with Gasteiger partial charge < -0.3 is 5.32 Å². The molecule has 0 saturated carbocycles. The van der Waals surface area contributed by atoms with Crippen molar-refractivity contribution in [3.05, 3.63) is 42.7 Å². The Labute approximate surface area is 159 Å². The minimum Gasteiger partial charge on any atom is -0.365 e. The van der Waals surface area contributed by atoms with E-state index in [9.17, 15) is 13.2 Å². The molecule has 1 atom stereocenters. The number of benzene rings is 1. The zero-order chi connectivity index (χ0) is 18.9. The monoisotopic (exact) mass is 392 g/mol. The van der Waals surface area contributed by atoms with Crippen LogP contribution >= 0.6 is 11.3 Å². The number of nitrogens with one attached hydrogen (secondary N) is 1. The first-order valence-electron chi connectivity index (χ1n) is 8.83. The van der Waals surface area contributed by atoms with E-state index >= 15 is 0 Å². The van der Waals surface area contributed by atoms with Crippen LogP contribution in [0.15, 0.2) is 42.7 Å². The third-order valence-corrected chi connectivity index (χ3v) is 5.73. The van der Waals surface area contributed by atoms with E-state index in [0.29, 0.717) is 18.9 Å². The largest absolute Gasteiger partial charge is 0.401 e. The average Bonchev–Trinajstić information content (AvgIpc) is 3.07. The van der Waals surface area contributed by atoms with Crippen LogP contribution in [0, 0.1) is 0 Å². The summed E-state index contributed by atoms with van der Waals surface area (Å²) in [6, 6.07) is 12.0. The first kappa shape index (κ1) is 18.2. The van der Waals surface area contributed by atoms with E-state index < -0.39 is 12.7 Å². The molecule has 0 spiro atoms. The van der Waals surface area contributed by atoms with Crippen LogP contribution in [0.25, 0.3) is 20.7 Å². The summed E-state index contributed by atoms with van der Waals surface area (Å²) in [7, 11) is 0. The maximum atomic E-state index is 12.7. The highest BCUT2D eigenvalue weighted by Crippen LogP contribution is 2.35. The number of piperidine rings is 1. The lowest BCUT2D eigenvalue weighted by Crippen LogP contribution is -2.45. The molecule has 0 amide bonds. The Kier molecular flexibility index (Phi) is 5.01. The second kappa shape index (κ2) is 7.44. The molecule has 4 nitrogen and oxygen atoms in total. The van der Waals surface area contributed by atoms with Crippen LogP contribution in [0.1, 0.15) is 12.8 Å². The zero-order valence-corrected chi connectivity index (χ0v) is 15.4.